The molecule has 0 spiro atoms. The second-order valence-corrected chi connectivity index (χ2v) is 4.87. The van der Waals surface area contributed by atoms with Crippen molar-refractivity contribution in [1.29, 1.82) is 0 Å². The average molecular weight is 242 g/mol. The minimum atomic E-state index is 0.240. The first kappa shape index (κ1) is 13.1. The summed E-state index contributed by atoms with van der Waals surface area (Å²) < 4.78 is 0. The van der Waals surface area contributed by atoms with Crippen LogP contribution >= 0.6 is 0 Å². The Morgan fingerprint density at radius 1 is 1.11 bits per heavy atom. The monoisotopic (exact) mass is 242 g/mol. The fourth-order valence-electron chi connectivity index (χ4n) is 2.19. The molecule has 0 bridgehead atoms. The van der Waals surface area contributed by atoms with Gasteiger partial charge in [-0.2, -0.15) is 0 Å². The van der Waals surface area contributed by atoms with Crippen molar-refractivity contribution >= 4 is 10.8 Å². The Bertz CT molecular complexity index is 507. The number of benzene rings is 2. The highest BCUT2D eigenvalue weighted by Gasteiger charge is 2.11. The fraction of sp³-hybridized carbons (Fsp3) is 0.375. The number of hydrogen-bond donors (Lipinski definition) is 2. The van der Waals surface area contributed by atoms with Crippen LogP contribution in [0.25, 0.3) is 10.8 Å². The first-order valence-corrected chi connectivity index (χ1v) is 6.69. The first-order valence-electron chi connectivity index (χ1n) is 6.69. The molecular formula is C16H22N2. The maximum Gasteiger partial charge on any atom is 0.0446 e. The van der Waals surface area contributed by atoms with Gasteiger partial charge in [-0.3, -0.25) is 0 Å². The second kappa shape index (κ2) is 5.98. The summed E-state index contributed by atoms with van der Waals surface area (Å²) in [6, 6.07) is 15.7. The molecule has 2 rings (SSSR count). The molecule has 0 fully saturated rings. The van der Waals surface area contributed by atoms with E-state index in [0.29, 0.717) is 12.6 Å². The Morgan fingerprint density at radius 2 is 1.83 bits per heavy atom. The van der Waals surface area contributed by atoms with Gasteiger partial charge in [0.15, 0.2) is 0 Å². The molecule has 2 nitrogen and oxygen atoms in total. The van der Waals surface area contributed by atoms with E-state index >= 15 is 0 Å². The molecule has 0 amide bonds. The van der Waals surface area contributed by atoms with E-state index in [1.54, 1.807) is 0 Å². The molecule has 2 heteroatoms. The minimum absolute atomic E-state index is 0.240. The van der Waals surface area contributed by atoms with Crippen LogP contribution in [0.2, 0.25) is 0 Å². The molecule has 0 saturated carbocycles. The smallest absolute Gasteiger partial charge is 0.0446 e. The topological polar surface area (TPSA) is 38.0 Å². The zero-order valence-electron chi connectivity index (χ0n) is 11.2. The highest BCUT2D eigenvalue weighted by atomic mass is 15.0. The van der Waals surface area contributed by atoms with Crippen molar-refractivity contribution in [2.75, 3.05) is 6.54 Å². The van der Waals surface area contributed by atoms with E-state index in [0.717, 1.165) is 6.42 Å². The van der Waals surface area contributed by atoms with Gasteiger partial charge >= 0.3 is 0 Å². The van der Waals surface area contributed by atoms with Crippen molar-refractivity contribution < 1.29 is 0 Å². The van der Waals surface area contributed by atoms with Crippen LogP contribution in [-0.4, -0.2) is 12.6 Å². The van der Waals surface area contributed by atoms with E-state index in [1.165, 1.54) is 16.3 Å². The normalized spacial score (nSPS) is 14.6. The quantitative estimate of drug-likeness (QED) is 0.844. The van der Waals surface area contributed by atoms with Crippen LogP contribution in [0.5, 0.6) is 0 Å². The lowest BCUT2D eigenvalue weighted by Gasteiger charge is -2.22. The molecule has 0 aliphatic rings. The molecule has 0 saturated heterocycles. The van der Waals surface area contributed by atoms with Gasteiger partial charge in [0.25, 0.3) is 0 Å². The van der Waals surface area contributed by atoms with Crippen LogP contribution in [0, 0.1) is 0 Å². The third-order valence-electron chi connectivity index (χ3n) is 3.51. The Labute approximate surface area is 109 Å². The summed E-state index contributed by atoms with van der Waals surface area (Å²) >= 11 is 0. The van der Waals surface area contributed by atoms with Crippen molar-refractivity contribution in [2.45, 2.75) is 32.4 Å². The molecule has 2 aromatic rings. The molecule has 0 aromatic heterocycles. The van der Waals surface area contributed by atoms with E-state index in [-0.39, 0.29) is 6.04 Å². The van der Waals surface area contributed by atoms with Gasteiger partial charge in [0.2, 0.25) is 0 Å². The lowest BCUT2D eigenvalue weighted by Crippen LogP contribution is -2.34. The highest BCUT2D eigenvalue weighted by molar-refractivity contribution is 5.83. The maximum atomic E-state index is 5.89. The molecule has 0 aliphatic heterocycles. The molecule has 18 heavy (non-hydrogen) atoms. The lowest BCUT2D eigenvalue weighted by atomic mass is 10.0. The van der Waals surface area contributed by atoms with Crippen LogP contribution in [0.4, 0.5) is 0 Å². The standard InChI is InChI=1S/C16H22N2/c1-3-12(2)18-16(11-17)15-9-8-13-6-4-5-7-14(13)10-15/h4-10,12,16,18H,3,11,17H2,1-2H3. The van der Waals surface area contributed by atoms with Crippen molar-refractivity contribution in [3.05, 3.63) is 48.0 Å². The van der Waals surface area contributed by atoms with Crippen molar-refractivity contribution in [2.24, 2.45) is 5.73 Å². The Morgan fingerprint density at radius 3 is 2.50 bits per heavy atom. The molecule has 2 unspecified atom stereocenters. The summed E-state index contributed by atoms with van der Waals surface area (Å²) in [5, 5.41) is 6.13. The molecule has 0 aliphatic carbocycles. The van der Waals surface area contributed by atoms with Gasteiger partial charge in [0.05, 0.1) is 0 Å². The number of fused-ring (bicyclic) bond motifs is 1. The zero-order valence-corrected chi connectivity index (χ0v) is 11.2. The summed E-state index contributed by atoms with van der Waals surface area (Å²) in [4.78, 5) is 0. The zero-order chi connectivity index (χ0) is 13.0. The van der Waals surface area contributed by atoms with E-state index in [1.807, 2.05) is 0 Å². The average Bonchev–Trinajstić information content (AvgIpc) is 2.44. The number of hydrogen-bond acceptors (Lipinski definition) is 2. The van der Waals surface area contributed by atoms with Crippen molar-refractivity contribution in [1.82, 2.24) is 5.32 Å². The van der Waals surface area contributed by atoms with E-state index < -0.39 is 0 Å². The van der Waals surface area contributed by atoms with Crippen molar-refractivity contribution in [3.63, 3.8) is 0 Å². The summed E-state index contributed by atoms with van der Waals surface area (Å²) in [6.07, 6.45) is 1.12. The number of nitrogens with two attached hydrogens (primary N) is 1. The van der Waals surface area contributed by atoms with Crippen LogP contribution in [0.15, 0.2) is 42.5 Å². The summed E-state index contributed by atoms with van der Waals surface area (Å²) in [5.41, 5.74) is 7.16. The predicted molar refractivity (Wildman–Crippen MR) is 78.6 cm³/mol. The van der Waals surface area contributed by atoms with Crippen LogP contribution in [-0.2, 0) is 0 Å². The van der Waals surface area contributed by atoms with Crippen LogP contribution < -0.4 is 11.1 Å². The molecule has 3 N–H and O–H groups in total. The molecule has 2 atom stereocenters. The number of nitrogens with one attached hydrogen (secondary N) is 1. The third-order valence-corrected chi connectivity index (χ3v) is 3.51. The summed E-state index contributed by atoms with van der Waals surface area (Å²) in [7, 11) is 0. The highest BCUT2D eigenvalue weighted by Crippen LogP contribution is 2.20. The number of rotatable bonds is 5. The van der Waals surface area contributed by atoms with Gasteiger partial charge in [0.1, 0.15) is 0 Å². The molecule has 0 radical (unpaired) electrons. The molecule has 2 aromatic carbocycles. The van der Waals surface area contributed by atoms with E-state index in [4.69, 9.17) is 5.73 Å². The summed E-state index contributed by atoms with van der Waals surface area (Å²) in [6.45, 7) is 5.01. The second-order valence-electron chi connectivity index (χ2n) is 4.87. The molecule has 96 valence electrons. The van der Waals surface area contributed by atoms with Crippen molar-refractivity contribution in [3.8, 4) is 0 Å². The van der Waals surface area contributed by atoms with Gasteiger partial charge in [0, 0.05) is 18.6 Å². The molecular weight excluding hydrogens is 220 g/mol. The van der Waals surface area contributed by atoms with Crippen LogP contribution in [0.1, 0.15) is 31.9 Å². The van der Waals surface area contributed by atoms with Gasteiger partial charge in [-0.25, -0.2) is 0 Å². The minimum Gasteiger partial charge on any atom is -0.329 e. The Balaban J connectivity index is 2.27. The van der Waals surface area contributed by atoms with Gasteiger partial charge < -0.3 is 11.1 Å². The van der Waals surface area contributed by atoms with E-state index in [2.05, 4.69) is 61.6 Å². The van der Waals surface area contributed by atoms with Gasteiger partial charge in [-0.05, 0) is 35.7 Å². The van der Waals surface area contributed by atoms with Gasteiger partial charge in [-0.15, -0.1) is 0 Å². The molecule has 0 heterocycles. The Kier molecular flexibility index (Phi) is 4.34. The van der Waals surface area contributed by atoms with E-state index in [9.17, 15) is 0 Å². The van der Waals surface area contributed by atoms with Gasteiger partial charge in [-0.1, -0.05) is 43.3 Å². The van der Waals surface area contributed by atoms with Crippen LogP contribution in [0.3, 0.4) is 0 Å². The lowest BCUT2D eigenvalue weighted by molar-refractivity contribution is 0.452. The maximum absolute atomic E-state index is 5.89. The Hall–Kier alpha value is -1.38. The predicted octanol–water partition coefficient (Wildman–Crippen LogP) is 3.23. The third kappa shape index (κ3) is 2.89. The fourth-order valence-corrected chi connectivity index (χ4v) is 2.19. The summed E-state index contributed by atoms with van der Waals surface area (Å²) in [5.74, 6) is 0. The SMILES string of the molecule is CCC(C)NC(CN)c1ccc2ccccc2c1. The first-order chi connectivity index (χ1) is 8.74. The largest absolute Gasteiger partial charge is 0.329 e.